The maximum absolute atomic E-state index is 13.4. The fourth-order valence-electron chi connectivity index (χ4n) is 3.19. The molecule has 3 amide bonds. The number of carbonyl (C=O) groups is 3. The number of nitrogens with zero attached hydrogens (tertiary/aromatic N) is 1. The Bertz CT molecular complexity index is 1030. The molecule has 0 bridgehead atoms. The first-order valence-corrected chi connectivity index (χ1v) is 12.0. The predicted molar refractivity (Wildman–Crippen MR) is 129 cm³/mol. The Balaban J connectivity index is 1.89. The van der Waals surface area contributed by atoms with Crippen molar-refractivity contribution in [2.45, 2.75) is 38.9 Å². The Labute approximate surface area is 196 Å². The summed E-state index contributed by atoms with van der Waals surface area (Å²) in [6.07, 6.45) is 0. The van der Waals surface area contributed by atoms with Crippen molar-refractivity contribution in [3.05, 3.63) is 80.7 Å². The van der Waals surface area contributed by atoms with Crippen LogP contribution >= 0.6 is 22.7 Å². The Morgan fingerprint density at radius 3 is 2.22 bits per heavy atom. The smallest absolute Gasteiger partial charge is 0.261 e. The molecule has 0 fully saturated rings. The minimum Gasteiger partial charge on any atom is -0.349 e. The van der Waals surface area contributed by atoms with Gasteiger partial charge in [-0.3, -0.25) is 14.4 Å². The highest BCUT2D eigenvalue weighted by Crippen LogP contribution is 2.26. The molecule has 32 heavy (non-hydrogen) atoms. The molecular weight excluding hydrogens is 442 g/mol. The molecule has 168 valence electrons. The number of rotatable bonds is 8. The molecule has 1 atom stereocenters. The summed E-state index contributed by atoms with van der Waals surface area (Å²) in [6.45, 7) is 5.77. The lowest BCUT2D eigenvalue weighted by atomic mass is 10.0. The molecule has 3 aromatic rings. The van der Waals surface area contributed by atoms with Gasteiger partial charge < -0.3 is 15.5 Å². The number of benzene rings is 1. The van der Waals surface area contributed by atoms with E-state index in [0.29, 0.717) is 10.4 Å². The van der Waals surface area contributed by atoms with E-state index in [1.807, 2.05) is 74.0 Å². The molecule has 2 N–H and O–H groups in total. The molecule has 3 rings (SSSR count). The van der Waals surface area contributed by atoms with E-state index in [-0.39, 0.29) is 30.8 Å². The quantitative estimate of drug-likeness (QED) is 0.518. The standard InChI is InChI=1S/C24H27N3O3S2/c1-24(2,3)26-23(30)21(17-9-5-4-6-10-17)27(16-18-11-7-13-31-18)20(28)15-25-22(29)19-12-8-14-32-19/h4-14,21H,15-16H2,1-3H3,(H,25,29)(H,26,30)/t21-/m0/s1. The molecule has 0 aliphatic carbocycles. The maximum atomic E-state index is 13.4. The van der Waals surface area contributed by atoms with Crippen LogP contribution in [0.5, 0.6) is 0 Å². The first-order valence-electron chi connectivity index (χ1n) is 10.2. The zero-order chi connectivity index (χ0) is 23.1. The summed E-state index contributed by atoms with van der Waals surface area (Å²) in [5.41, 5.74) is 0.249. The van der Waals surface area contributed by atoms with Gasteiger partial charge in [0.15, 0.2) is 0 Å². The number of amides is 3. The van der Waals surface area contributed by atoms with Crippen molar-refractivity contribution in [1.82, 2.24) is 15.5 Å². The Morgan fingerprint density at radius 2 is 1.62 bits per heavy atom. The van der Waals surface area contributed by atoms with Crippen LogP contribution in [0, 0.1) is 0 Å². The highest BCUT2D eigenvalue weighted by Gasteiger charge is 2.33. The summed E-state index contributed by atoms with van der Waals surface area (Å²) in [5.74, 6) is -0.903. The minimum atomic E-state index is -0.830. The molecule has 2 aromatic heterocycles. The van der Waals surface area contributed by atoms with Crippen LogP contribution in [0.2, 0.25) is 0 Å². The molecule has 0 saturated heterocycles. The molecule has 0 radical (unpaired) electrons. The second-order valence-electron chi connectivity index (χ2n) is 8.31. The van der Waals surface area contributed by atoms with Crippen LogP contribution in [-0.2, 0) is 16.1 Å². The van der Waals surface area contributed by atoms with Crippen LogP contribution in [0.4, 0.5) is 0 Å². The first kappa shape index (κ1) is 23.7. The zero-order valence-corrected chi connectivity index (χ0v) is 20.0. The van der Waals surface area contributed by atoms with E-state index in [4.69, 9.17) is 0 Å². The van der Waals surface area contributed by atoms with E-state index in [9.17, 15) is 14.4 Å². The third-order valence-corrected chi connectivity index (χ3v) is 6.28. The van der Waals surface area contributed by atoms with Crippen molar-refractivity contribution in [1.29, 1.82) is 0 Å². The molecule has 0 unspecified atom stereocenters. The van der Waals surface area contributed by atoms with Crippen molar-refractivity contribution in [3.63, 3.8) is 0 Å². The van der Waals surface area contributed by atoms with Gasteiger partial charge in [-0.15, -0.1) is 22.7 Å². The molecule has 0 saturated carbocycles. The van der Waals surface area contributed by atoms with Gasteiger partial charge in [-0.2, -0.15) is 0 Å². The molecule has 0 aliphatic heterocycles. The molecule has 0 spiro atoms. The molecular formula is C24H27N3O3S2. The Morgan fingerprint density at radius 1 is 0.938 bits per heavy atom. The summed E-state index contributed by atoms with van der Waals surface area (Å²) < 4.78 is 0. The van der Waals surface area contributed by atoms with E-state index in [1.54, 1.807) is 12.1 Å². The fraction of sp³-hybridized carbons (Fsp3) is 0.292. The van der Waals surface area contributed by atoms with Gasteiger partial charge in [0.2, 0.25) is 11.8 Å². The van der Waals surface area contributed by atoms with E-state index < -0.39 is 11.6 Å². The molecule has 1 aromatic carbocycles. The van der Waals surface area contributed by atoms with Crippen molar-refractivity contribution in [2.75, 3.05) is 6.54 Å². The minimum absolute atomic E-state index is 0.200. The predicted octanol–water partition coefficient (Wildman–Crippen LogP) is 4.22. The van der Waals surface area contributed by atoms with Gasteiger partial charge in [0.1, 0.15) is 6.04 Å². The van der Waals surface area contributed by atoms with Gasteiger partial charge in [0.25, 0.3) is 5.91 Å². The largest absolute Gasteiger partial charge is 0.349 e. The Hall–Kier alpha value is -2.97. The van der Waals surface area contributed by atoms with Gasteiger partial charge in [-0.1, -0.05) is 42.5 Å². The summed E-state index contributed by atoms with van der Waals surface area (Å²) >= 11 is 2.83. The lowest BCUT2D eigenvalue weighted by Gasteiger charge is -2.33. The summed E-state index contributed by atoms with van der Waals surface area (Å²) in [5, 5.41) is 9.44. The molecule has 0 aliphatic rings. The fourth-order valence-corrected chi connectivity index (χ4v) is 4.54. The van der Waals surface area contributed by atoms with Crippen LogP contribution in [0.3, 0.4) is 0 Å². The van der Waals surface area contributed by atoms with Gasteiger partial charge in [0.05, 0.1) is 18.0 Å². The molecule has 2 heterocycles. The second kappa shape index (κ2) is 10.6. The number of carbonyl (C=O) groups excluding carboxylic acids is 3. The second-order valence-corrected chi connectivity index (χ2v) is 10.3. The van der Waals surface area contributed by atoms with Gasteiger partial charge in [-0.05, 0) is 49.2 Å². The van der Waals surface area contributed by atoms with Gasteiger partial charge in [-0.25, -0.2) is 0 Å². The average molecular weight is 470 g/mol. The van der Waals surface area contributed by atoms with Crippen LogP contribution in [0.15, 0.2) is 65.4 Å². The third kappa shape index (κ3) is 6.51. The summed E-state index contributed by atoms with van der Waals surface area (Å²) in [7, 11) is 0. The van der Waals surface area contributed by atoms with Gasteiger partial charge >= 0.3 is 0 Å². The first-order chi connectivity index (χ1) is 15.2. The van der Waals surface area contributed by atoms with Crippen molar-refractivity contribution < 1.29 is 14.4 Å². The van der Waals surface area contributed by atoms with E-state index >= 15 is 0 Å². The Kier molecular flexibility index (Phi) is 7.82. The summed E-state index contributed by atoms with van der Waals surface area (Å²) in [6, 6.07) is 15.7. The monoisotopic (exact) mass is 469 g/mol. The molecule has 8 heteroatoms. The van der Waals surface area contributed by atoms with Crippen LogP contribution in [0.1, 0.15) is 46.9 Å². The lowest BCUT2D eigenvalue weighted by molar-refractivity contribution is -0.141. The highest BCUT2D eigenvalue weighted by atomic mass is 32.1. The number of hydrogen-bond acceptors (Lipinski definition) is 5. The zero-order valence-electron chi connectivity index (χ0n) is 18.3. The average Bonchev–Trinajstić information content (AvgIpc) is 3.45. The maximum Gasteiger partial charge on any atom is 0.261 e. The lowest BCUT2D eigenvalue weighted by Crippen LogP contribution is -2.50. The van der Waals surface area contributed by atoms with E-state index in [2.05, 4.69) is 10.6 Å². The summed E-state index contributed by atoms with van der Waals surface area (Å²) in [4.78, 5) is 42.1. The normalized spacial score (nSPS) is 12.1. The van der Waals surface area contributed by atoms with Crippen molar-refractivity contribution in [3.8, 4) is 0 Å². The van der Waals surface area contributed by atoms with Crippen LogP contribution in [0.25, 0.3) is 0 Å². The SMILES string of the molecule is CC(C)(C)NC(=O)[C@H](c1ccccc1)N(Cc1cccs1)C(=O)CNC(=O)c1cccs1. The molecule has 6 nitrogen and oxygen atoms in total. The van der Waals surface area contributed by atoms with Crippen molar-refractivity contribution >= 4 is 40.4 Å². The van der Waals surface area contributed by atoms with Crippen molar-refractivity contribution in [2.24, 2.45) is 0 Å². The number of thiophene rings is 2. The van der Waals surface area contributed by atoms with Crippen LogP contribution in [-0.4, -0.2) is 34.7 Å². The highest BCUT2D eigenvalue weighted by molar-refractivity contribution is 7.12. The number of nitrogens with one attached hydrogen (secondary N) is 2. The van der Waals surface area contributed by atoms with E-state index in [1.165, 1.54) is 27.6 Å². The van der Waals surface area contributed by atoms with E-state index in [0.717, 1.165) is 4.88 Å². The topological polar surface area (TPSA) is 78.5 Å². The van der Waals surface area contributed by atoms with Crippen LogP contribution < -0.4 is 10.6 Å². The number of hydrogen-bond donors (Lipinski definition) is 2. The van der Waals surface area contributed by atoms with Gasteiger partial charge in [0, 0.05) is 10.4 Å². The third-order valence-electron chi connectivity index (χ3n) is 4.55.